The Bertz CT molecular complexity index is 1140. The Labute approximate surface area is 198 Å². The van der Waals surface area contributed by atoms with Gasteiger partial charge in [-0.3, -0.25) is 4.98 Å². The highest BCUT2D eigenvalue weighted by Gasteiger charge is 2.39. The molecule has 172 valence electrons. The molecule has 0 aliphatic rings. The van der Waals surface area contributed by atoms with Gasteiger partial charge in [-0.15, -0.1) is 0 Å². The minimum absolute atomic E-state index is 0.251. The van der Waals surface area contributed by atoms with E-state index in [0.29, 0.717) is 17.1 Å². The second-order valence-corrected chi connectivity index (χ2v) is 8.77. The van der Waals surface area contributed by atoms with Crippen molar-refractivity contribution < 1.29 is 13.2 Å². The fourth-order valence-electron chi connectivity index (χ4n) is 3.73. The van der Waals surface area contributed by atoms with E-state index in [1.54, 1.807) is 24.4 Å². The van der Waals surface area contributed by atoms with E-state index in [1.165, 1.54) is 12.2 Å². The first-order valence-corrected chi connectivity index (χ1v) is 11.1. The van der Waals surface area contributed by atoms with Gasteiger partial charge in [-0.2, -0.15) is 13.2 Å². The molecule has 2 aromatic carbocycles. The Balaban J connectivity index is 1.76. The van der Waals surface area contributed by atoms with Crippen molar-refractivity contribution in [2.24, 2.45) is 0 Å². The molecule has 1 N–H and O–H groups in total. The molecule has 3 aromatic rings. The number of hydrogen-bond acceptors (Lipinski definition) is 2. The van der Waals surface area contributed by atoms with Crippen molar-refractivity contribution in [2.45, 2.75) is 46.3 Å². The van der Waals surface area contributed by atoms with Crippen LogP contribution < -0.4 is 5.32 Å². The largest absolute Gasteiger partial charge is 0.399 e. The van der Waals surface area contributed by atoms with Crippen molar-refractivity contribution >= 4 is 23.3 Å². The minimum Gasteiger partial charge on any atom is -0.372 e. The van der Waals surface area contributed by atoms with Crippen molar-refractivity contribution in [2.75, 3.05) is 0 Å². The van der Waals surface area contributed by atoms with E-state index < -0.39 is 12.1 Å². The molecule has 0 spiro atoms. The molecule has 1 aromatic heterocycles. The van der Waals surface area contributed by atoms with Crippen LogP contribution in [-0.4, -0.2) is 16.1 Å². The first-order chi connectivity index (χ1) is 15.5. The zero-order valence-corrected chi connectivity index (χ0v) is 19.9. The van der Waals surface area contributed by atoms with Crippen LogP contribution >= 0.6 is 12.2 Å². The SMILES string of the molecule is Cc1cc(C)cc(C(/C=C/c2ccc(C(=S)NCc3ccc(C)nc3)c(C)c2)C(F)(F)F)c1. The zero-order chi connectivity index (χ0) is 24.2. The molecule has 33 heavy (non-hydrogen) atoms. The van der Waals surface area contributed by atoms with Gasteiger partial charge >= 0.3 is 6.18 Å². The smallest absolute Gasteiger partial charge is 0.372 e. The maximum absolute atomic E-state index is 13.8. The maximum Gasteiger partial charge on any atom is 0.399 e. The topological polar surface area (TPSA) is 24.9 Å². The number of halogens is 3. The monoisotopic (exact) mass is 468 g/mol. The molecule has 0 aliphatic heterocycles. The lowest BCUT2D eigenvalue weighted by Gasteiger charge is -2.18. The van der Waals surface area contributed by atoms with Gasteiger partial charge in [-0.25, -0.2) is 0 Å². The number of thiocarbonyl (C=S) groups is 1. The zero-order valence-electron chi connectivity index (χ0n) is 19.1. The number of allylic oxidation sites excluding steroid dienone is 1. The van der Waals surface area contributed by atoms with Crippen molar-refractivity contribution in [3.05, 3.63) is 105 Å². The number of aromatic nitrogens is 1. The lowest BCUT2D eigenvalue weighted by atomic mass is 9.93. The number of aryl methyl sites for hydroxylation is 4. The highest BCUT2D eigenvalue weighted by Crippen LogP contribution is 2.37. The Kier molecular flexibility index (Phi) is 7.69. The van der Waals surface area contributed by atoms with Crippen LogP contribution in [0.15, 0.2) is 60.8 Å². The molecule has 0 saturated heterocycles. The molecule has 1 heterocycles. The molecule has 3 rings (SSSR count). The lowest BCUT2D eigenvalue weighted by Crippen LogP contribution is -2.22. The van der Waals surface area contributed by atoms with Crippen LogP contribution in [0.4, 0.5) is 13.2 Å². The van der Waals surface area contributed by atoms with Crippen LogP contribution in [-0.2, 0) is 6.54 Å². The van der Waals surface area contributed by atoms with Gasteiger partial charge < -0.3 is 5.32 Å². The first kappa shape index (κ1) is 24.6. The van der Waals surface area contributed by atoms with E-state index in [4.69, 9.17) is 12.2 Å². The van der Waals surface area contributed by atoms with Gasteiger partial charge in [0, 0.05) is 24.0 Å². The summed E-state index contributed by atoms with van der Waals surface area (Å²) in [6.45, 7) is 8.00. The average molecular weight is 469 g/mol. The molecule has 1 atom stereocenters. The standard InChI is InChI=1S/C27H27F3N2S/c1-17-11-18(2)13-23(12-17)25(27(28,29)30)10-8-21-7-9-24(19(3)14-21)26(33)32-16-22-6-5-20(4)31-15-22/h5-15,25H,16H2,1-4H3,(H,32,33)/b10-8+. The molecule has 0 radical (unpaired) electrons. The quantitative estimate of drug-likeness (QED) is 0.389. The summed E-state index contributed by atoms with van der Waals surface area (Å²) < 4.78 is 41.4. The van der Waals surface area contributed by atoms with E-state index in [2.05, 4.69) is 10.3 Å². The maximum atomic E-state index is 13.8. The molecule has 0 aliphatic carbocycles. The number of nitrogens with one attached hydrogen (secondary N) is 1. The van der Waals surface area contributed by atoms with Gasteiger partial charge in [0.15, 0.2) is 0 Å². The third-order valence-corrected chi connectivity index (χ3v) is 5.72. The number of hydrogen-bond donors (Lipinski definition) is 1. The molecule has 0 saturated carbocycles. The summed E-state index contributed by atoms with van der Waals surface area (Å²) in [4.78, 5) is 4.86. The molecule has 1 unspecified atom stereocenters. The summed E-state index contributed by atoms with van der Waals surface area (Å²) in [6, 6.07) is 14.5. The van der Waals surface area contributed by atoms with Gasteiger partial charge in [0.25, 0.3) is 0 Å². The van der Waals surface area contributed by atoms with Crippen LogP contribution in [0.1, 0.15) is 50.6 Å². The lowest BCUT2D eigenvalue weighted by molar-refractivity contribution is -0.139. The normalized spacial score (nSPS) is 12.7. The third kappa shape index (κ3) is 6.75. The fraction of sp³-hybridized carbons (Fsp3) is 0.259. The summed E-state index contributed by atoms with van der Waals surface area (Å²) in [5, 5.41) is 3.22. The van der Waals surface area contributed by atoms with Gasteiger partial charge in [-0.1, -0.05) is 78.0 Å². The second-order valence-electron chi connectivity index (χ2n) is 8.36. The predicted molar refractivity (Wildman–Crippen MR) is 132 cm³/mol. The molecule has 0 amide bonds. The molecule has 0 fully saturated rings. The third-order valence-electron chi connectivity index (χ3n) is 5.36. The van der Waals surface area contributed by atoms with E-state index in [1.807, 2.05) is 58.0 Å². The van der Waals surface area contributed by atoms with Crippen molar-refractivity contribution in [1.82, 2.24) is 10.3 Å². The molecular formula is C27H27F3N2S. The summed E-state index contributed by atoms with van der Waals surface area (Å²) in [7, 11) is 0. The van der Waals surface area contributed by atoms with Crippen LogP contribution in [0.3, 0.4) is 0 Å². The van der Waals surface area contributed by atoms with E-state index >= 15 is 0 Å². The highest BCUT2D eigenvalue weighted by atomic mass is 32.1. The van der Waals surface area contributed by atoms with Crippen LogP contribution in [0.2, 0.25) is 0 Å². The van der Waals surface area contributed by atoms with Gasteiger partial charge in [-0.05, 0) is 56.0 Å². The average Bonchev–Trinajstić information content (AvgIpc) is 2.71. The summed E-state index contributed by atoms with van der Waals surface area (Å²) in [5.74, 6) is -1.66. The number of benzene rings is 2. The van der Waals surface area contributed by atoms with Crippen LogP contribution in [0, 0.1) is 27.7 Å². The van der Waals surface area contributed by atoms with Gasteiger partial charge in [0.1, 0.15) is 4.99 Å². The highest BCUT2D eigenvalue weighted by molar-refractivity contribution is 7.80. The van der Waals surface area contributed by atoms with Crippen molar-refractivity contribution in [3.8, 4) is 0 Å². The Hall–Kier alpha value is -2.99. The molecular weight excluding hydrogens is 441 g/mol. The number of pyridine rings is 1. The number of alkyl halides is 3. The molecule has 2 nitrogen and oxygen atoms in total. The predicted octanol–water partition coefficient (Wildman–Crippen LogP) is 7.14. The van der Waals surface area contributed by atoms with Crippen molar-refractivity contribution in [1.29, 1.82) is 0 Å². The van der Waals surface area contributed by atoms with Crippen LogP contribution in [0.5, 0.6) is 0 Å². The summed E-state index contributed by atoms with van der Waals surface area (Å²) in [5.41, 5.74) is 6.29. The van der Waals surface area contributed by atoms with Crippen LogP contribution in [0.25, 0.3) is 6.08 Å². The second kappa shape index (κ2) is 10.3. The minimum atomic E-state index is -4.37. The number of nitrogens with zero attached hydrogens (tertiary/aromatic N) is 1. The molecule has 0 bridgehead atoms. The van der Waals surface area contributed by atoms with Gasteiger partial charge in [0.2, 0.25) is 0 Å². The fourth-order valence-corrected chi connectivity index (χ4v) is 4.03. The van der Waals surface area contributed by atoms with E-state index in [9.17, 15) is 13.2 Å². The van der Waals surface area contributed by atoms with Crippen molar-refractivity contribution in [3.63, 3.8) is 0 Å². The van der Waals surface area contributed by atoms with E-state index in [-0.39, 0.29) is 5.56 Å². The molecule has 6 heteroatoms. The number of rotatable bonds is 6. The van der Waals surface area contributed by atoms with E-state index in [0.717, 1.165) is 33.5 Å². The van der Waals surface area contributed by atoms with Gasteiger partial charge in [0.05, 0.1) is 5.92 Å². The summed E-state index contributed by atoms with van der Waals surface area (Å²) >= 11 is 5.52. The summed E-state index contributed by atoms with van der Waals surface area (Å²) in [6.07, 6.45) is 0.186. The Morgan fingerprint density at radius 1 is 1.00 bits per heavy atom. The Morgan fingerprint density at radius 3 is 2.27 bits per heavy atom. The first-order valence-electron chi connectivity index (χ1n) is 10.7. The Morgan fingerprint density at radius 2 is 1.70 bits per heavy atom.